The lowest BCUT2D eigenvalue weighted by Crippen LogP contribution is -2.65. The molecule has 234 valence electrons. The Morgan fingerprint density at radius 2 is 1.56 bits per heavy atom. The predicted octanol–water partition coefficient (Wildman–Crippen LogP) is 7.28. The number of rotatable bonds is 2. The van der Waals surface area contributed by atoms with E-state index in [1.807, 2.05) is 6.20 Å². The average molecular weight is 590 g/mol. The van der Waals surface area contributed by atoms with Crippen LogP contribution in [0.2, 0.25) is 0 Å². The number of carboxylic acid groups (broad SMARTS) is 1. The number of carboxylic acids is 1. The van der Waals surface area contributed by atoms with Crippen LogP contribution in [0.3, 0.4) is 0 Å². The third kappa shape index (κ3) is 3.94. The summed E-state index contributed by atoms with van der Waals surface area (Å²) in [5, 5.41) is 10.6. The maximum atomic E-state index is 13.0. The number of nitrogens with zero attached hydrogens (tertiary/aromatic N) is 3. The molecule has 2 amide bonds. The molecule has 6 rings (SSSR count). The summed E-state index contributed by atoms with van der Waals surface area (Å²) in [6.07, 6.45) is 12.8. The number of hydrogen-bond acceptors (Lipinski definition) is 5. The fraction of sp³-hybridized carbons (Fsp3) is 0.750. The average Bonchev–Trinajstić information content (AvgIpc) is 2.88. The van der Waals surface area contributed by atoms with E-state index in [-0.39, 0.29) is 50.8 Å². The van der Waals surface area contributed by atoms with E-state index in [1.54, 1.807) is 0 Å². The van der Waals surface area contributed by atoms with Gasteiger partial charge in [0.2, 0.25) is 17.8 Å². The molecule has 7 atom stereocenters. The molecule has 3 fully saturated rings. The van der Waals surface area contributed by atoms with Crippen LogP contribution in [0, 0.1) is 44.8 Å². The van der Waals surface area contributed by atoms with Crippen molar-refractivity contribution in [3.05, 3.63) is 29.1 Å². The summed E-state index contributed by atoms with van der Waals surface area (Å²) in [7, 11) is 0. The molecule has 0 saturated heterocycles. The molecule has 1 N–H and O–H groups in total. The van der Waals surface area contributed by atoms with Gasteiger partial charge < -0.3 is 5.11 Å². The van der Waals surface area contributed by atoms with Crippen LogP contribution in [0.1, 0.15) is 125 Å². The van der Waals surface area contributed by atoms with E-state index in [9.17, 15) is 19.5 Å². The molecule has 0 bridgehead atoms. The van der Waals surface area contributed by atoms with Gasteiger partial charge in [-0.25, -0.2) is 14.9 Å². The van der Waals surface area contributed by atoms with Crippen molar-refractivity contribution in [1.29, 1.82) is 0 Å². The first-order valence-electron chi connectivity index (χ1n) is 16.5. The summed E-state index contributed by atoms with van der Waals surface area (Å²) in [5.41, 5.74) is 2.83. The molecule has 0 unspecified atom stereocenters. The van der Waals surface area contributed by atoms with Gasteiger partial charge in [-0.2, -0.15) is 0 Å². The van der Waals surface area contributed by atoms with E-state index in [0.29, 0.717) is 11.8 Å². The van der Waals surface area contributed by atoms with Gasteiger partial charge in [-0.15, -0.1) is 0 Å². The third-order valence-corrected chi connectivity index (χ3v) is 14.1. The van der Waals surface area contributed by atoms with Gasteiger partial charge in [-0.1, -0.05) is 60.1 Å². The number of amides is 2. The summed E-state index contributed by atoms with van der Waals surface area (Å²) in [4.78, 5) is 48.1. The van der Waals surface area contributed by atoms with Crippen LogP contribution in [0.15, 0.2) is 17.8 Å². The highest BCUT2D eigenvalue weighted by Gasteiger charge is 2.69. The van der Waals surface area contributed by atoms with E-state index in [2.05, 4.69) is 59.5 Å². The number of fused-ring (bicyclic) bond motifs is 8. The fourth-order valence-corrected chi connectivity index (χ4v) is 11.7. The van der Waals surface area contributed by atoms with E-state index in [1.165, 1.54) is 19.4 Å². The van der Waals surface area contributed by atoms with Crippen molar-refractivity contribution in [3.63, 3.8) is 0 Å². The number of aromatic nitrogens is 2. The smallest absolute Gasteiger partial charge is 0.310 e. The zero-order chi connectivity index (χ0) is 31.5. The van der Waals surface area contributed by atoms with Gasteiger partial charge >= 0.3 is 5.97 Å². The van der Waals surface area contributed by atoms with Crippen molar-refractivity contribution in [2.45, 2.75) is 126 Å². The Morgan fingerprint density at radius 3 is 2.19 bits per heavy atom. The minimum absolute atomic E-state index is 0.00737. The molecular formula is C36H51N3O4. The molecule has 5 aliphatic carbocycles. The lowest BCUT2D eigenvalue weighted by atomic mass is 9.33. The Morgan fingerprint density at radius 1 is 0.907 bits per heavy atom. The van der Waals surface area contributed by atoms with Crippen LogP contribution < -0.4 is 4.90 Å². The molecule has 0 aromatic carbocycles. The summed E-state index contributed by atoms with van der Waals surface area (Å²) in [6.45, 7) is 19.5. The van der Waals surface area contributed by atoms with Gasteiger partial charge in [-0.3, -0.25) is 14.4 Å². The summed E-state index contributed by atoms with van der Waals surface area (Å²) in [5.74, 6) is -0.233. The van der Waals surface area contributed by atoms with E-state index < -0.39 is 11.4 Å². The van der Waals surface area contributed by atoms with Crippen molar-refractivity contribution >= 4 is 23.7 Å². The molecule has 1 heterocycles. The highest BCUT2D eigenvalue weighted by Crippen LogP contribution is 2.75. The fourth-order valence-electron chi connectivity index (χ4n) is 11.7. The Balaban J connectivity index is 1.43. The van der Waals surface area contributed by atoms with E-state index in [0.717, 1.165) is 73.9 Å². The highest BCUT2D eigenvalue weighted by atomic mass is 16.4. The number of carbonyl (C=O) groups is 3. The molecule has 0 aliphatic heterocycles. The highest BCUT2D eigenvalue weighted by molar-refractivity contribution is 6.11. The number of anilines is 1. The maximum absolute atomic E-state index is 13.0. The largest absolute Gasteiger partial charge is 0.481 e. The molecule has 43 heavy (non-hydrogen) atoms. The van der Waals surface area contributed by atoms with Crippen LogP contribution in [0.25, 0.3) is 0 Å². The predicted molar refractivity (Wildman–Crippen MR) is 166 cm³/mol. The molecule has 5 aliphatic rings. The summed E-state index contributed by atoms with van der Waals surface area (Å²) < 4.78 is 0. The SMILES string of the molecule is CC(=O)N(C(C)=O)c1ncc2c(n1)C(C)(C)[C@@H]1CC[C@]3(C)[C@H](CC=C4[C@@H]5CC(C)(C)CC[C@]5(C(=O)O)CC[C@]43C)[C@@]1(C)C2. The van der Waals surface area contributed by atoms with Gasteiger partial charge in [0.1, 0.15) is 0 Å². The van der Waals surface area contributed by atoms with Gasteiger partial charge in [0, 0.05) is 25.5 Å². The second kappa shape index (κ2) is 9.23. The lowest BCUT2D eigenvalue weighted by molar-refractivity contribution is -0.177. The first-order chi connectivity index (χ1) is 19.8. The van der Waals surface area contributed by atoms with Crippen molar-refractivity contribution in [3.8, 4) is 0 Å². The maximum Gasteiger partial charge on any atom is 0.310 e. The quantitative estimate of drug-likeness (QED) is 0.364. The van der Waals surface area contributed by atoms with E-state index >= 15 is 0 Å². The summed E-state index contributed by atoms with van der Waals surface area (Å²) in [6, 6.07) is 0. The minimum Gasteiger partial charge on any atom is -0.481 e. The van der Waals surface area contributed by atoms with Gasteiger partial charge in [0.25, 0.3) is 0 Å². The molecule has 1 aromatic heterocycles. The molecule has 0 radical (unpaired) electrons. The lowest BCUT2D eigenvalue weighted by Gasteiger charge is -2.70. The van der Waals surface area contributed by atoms with Crippen LogP contribution in [0.5, 0.6) is 0 Å². The van der Waals surface area contributed by atoms with Crippen molar-refractivity contribution < 1.29 is 19.5 Å². The van der Waals surface area contributed by atoms with Crippen molar-refractivity contribution in [2.24, 2.45) is 44.8 Å². The van der Waals surface area contributed by atoms with Gasteiger partial charge in [0.05, 0.1) is 11.1 Å². The molecular weight excluding hydrogens is 538 g/mol. The second-order valence-corrected chi connectivity index (χ2v) is 17.0. The molecule has 1 aromatic rings. The Hall–Kier alpha value is -2.57. The topological polar surface area (TPSA) is 100 Å². The minimum atomic E-state index is -0.625. The standard InChI is InChI=1S/C36H51N3O4/c1-21(40)39(22(2)41)30-37-20-23-18-33(7)26(32(5,6)28(23)38-30)12-13-35(9)27(33)11-10-24-25-19-31(3,4)14-16-36(25,29(42)43)17-15-34(24,35)8/h10,20,25-27H,11-19H2,1-9H3,(H,42,43)/t25-,26-,27+,33-,34+,35+,36-/m0/s1. The molecule has 3 saturated carbocycles. The van der Waals surface area contributed by atoms with Crippen molar-refractivity contribution in [1.82, 2.24) is 9.97 Å². The third-order valence-electron chi connectivity index (χ3n) is 14.1. The normalized spacial score (nSPS) is 40.4. The second-order valence-electron chi connectivity index (χ2n) is 17.0. The molecule has 0 spiro atoms. The van der Waals surface area contributed by atoms with Crippen LogP contribution >= 0.6 is 0 Å². The first-order valence-corrected chi connectivity index (χ1v) is 16.5. The van der Waals surface area contributed by atoms with Crippen LogP contribution in [0.4, 0.5) is 5.95 Å². The Labute approximate surface area is 257 Å². The molecule has 7 heteroatoms. The first kappa shape index (κ1) is 30.5. The van der Waals surface area contributed by atoms with Crippen molar-refractivity contribution in [2.75, 3.05) is 4.90 Å². The van der Waals surface area contributed by atoms with Gasteiger partial charge in [0.15, 0.2) is 0 Å². The van der Waals surface area contributed by atoms with Crippen LogP contribution in [-0.4, -0.2) is 32.9 Å². The Kier molecular flexibility index (Phi) is 6.54. The van der Waals surface area contributed by atoms with Crippen LogP contribution in [-0.2, 0) is 26.2 Å². The number of allylic oxidation sites excluding steroid dienone is 2. The zero-order valence-corrected chi connectivity index (χ0v) is 27.8. The number of hydrogen-bond donors (Lipinski definition) is 1. The Bertz CT molecular complexity index is 1430. The van der Waals surface area contributed by atoms with Gasteiger partial charge in [-0.05, 0) is 103 Å². The monoisotopic (exact) mass is 589 g/mol. The zero-order valence-electron chi connectivity index (χ0n) is 27.8. The summed E-state index contributed by atoms with van der Waals surface area (Å²) >= 11 is 0. The number of aliphatic carboxylic acids is 1. The number of imide groups is 1. The molecule has 7 nitrogen and oxygen atoms in total. The number of carbonyl (C=O) groups excluding carboxylic acids is 2. The van der Waals surface area contributed by atoms with E-state index in [4.69, 9.17) is 4.98 Å².